The predicted octanol–water partition coefficient (Wildman–Crippen LogP) is 3.63. The average molecular weight is 257 g/mol. The molecule has 1 aromatic carbocycles. The van der Waals surface area contributed by atoms with Gasteiger partial charge in [-0.25, -0.2) is 9.79 Å². The summed E-state index contributed by atoms with van der Waals surface area (Å²) >= 11 is 0. The molecule has 0 amide bonds. The van der Waals surface area contributed by atoms with Crippen LogP contribution in [-0.4, -0.2) is 11.9 Å². The van der Waals surface area contributed by atoms with Gasteiger partial charge in [-0.05, 0) is 30.5 Å². The van der Waals surface area contributed by atoms with Crippen LogP contribution in [0.4, 0.5) is 0 Å². The Labute approximate surface area is 114 Å². The number of ether oxygens (including phenoxy) is 1. The average Bonchev–Trinajstić information content (AvgIpc) is 2.76. The number of esters is 1. The molecule has 0 spiro atoms. The maximum absolute atomic E-state index is 11.2. The topological polar surface area (TPSA) is 38.7 Å². The normalized spacial score (nSPS) is 14.5. The lowest BCUT2D eigenvalue weighted by molar-refractivity contribution is -0.129. The summed E-state index contributed by atoms with van der Waals surface area (Å²) in [5, 5.41) is 0. The van der Waals surface area contributed by atoms with Crippen molar-refractivity contribution in [3.05, 3.63) is 47.7 Å². The number of aryl methyl sites for hydroxylation is 1. The molecule has 0 atom stereocenters. The van der Waals surface area contributed by atoms with Crippen LogP contribution >= 0.6 is 0 Å². The van der Waals surface area contributed by atoms with E-state index in [0.29, 0.717) is 5.90 Å². The largest absolute Gasteiger partial charge is 0.402 e. The number of cyclic esters (lactones) is 1. The highest BCUT2D eigenvalue weighted by Gasteiger charge is 2.21. The number of rotatable bonds is 6. The number of unbranched alkanes of at least 4 members (excludes halogenated alkanes) is 3. The predicted molar refractivity (Wildman–Crippen MR) is 76.1 cm³/mol. The van der Waals surface area contributed by atoms with Crippen LogP contribution in [0.5, 0.6) is 0 Å². The van der Waals surface area contributed by atoms with E-state index in [4.69, 9.17) is 4.74 Å². The molecule has 1 aliphatic rings. The number of hydrogen-bond donors (Lipinski definition) is 0. The van der Waals surface area contributed by atoms with E-state index in [2.05, 4.69) is 30.6 Å². The molecule has 3 nitrogen and oxygen atoms in total. The van der Waals surface area contributed by atoms with Gasteiger partial charge < -0.3 is 4.74 Å². The van der Waals surface area contributed by atoms with E-state index in [1.54, 1.807) is 0 Å². The number of hydrogen-bond acceptors (Lipinski definition) is 3. The molecule has 0 bridgehead atoms. The molecule has 19 heavy (non-hydrogen) atoms. The van der Waals surface area contributed by atoms with Crippen molar-refractivity contribution in [2.24, 2.45) is 4.99 Å². The molecule has 0 saturated heterocycles. The Morgan fingerprint density at radius 2 is 1.89 bits per heavy atom. The zero-order chi connectivity index (χ0) is 13.7. The smallest absolute Gasteiger partial charge is 0.363 e. The quantitative estimate of drug-likeness (QED) is 0.443. The van der Waals surface area contributed by atoms with Crippen LogP contribution in [0.25, 0.3) is 0 Å². The summed E-state index contributed by atoms with van der Waals surface area (Å²) in [6, 6.07) is 8.02. The van der Waals surface area contributed by atoms with Gasteiger partial charge in [-0.15, -0.1) is 0 Å². The van der Waals surface area contributed by atoms with Crippen molar-refractivity contribution >= 4 is 11.9 Å². The summed E-state index contributed by atoms with van der Waals surface area (Å²) in [5.74, 6) is -0.105. The molecular formula is C16H19NO2. The molecule has 1 heterocycles. The fourth-order valence-corrected chi connectivity index (χ4v) is 2.03. The molecule has 1 aromatic rings. The molecule has 2 rings (SSSR count). The van der Waals surface area contributed by atoms with Crippen molar-refractivity contribution in [3.8, 4) is 0 Å². The Kier molecular flexibility index (Phi) is 4.50. The van der Waals surface area contributed by atoms with Crippen LogP contribution in [0.15, 0.2) is 41.5 Å². The molecule has 0 N–H and O–H groups in total. The summed E-state index contributed by atoms with van der Waals surface area (Å²) in [7, 11) is 0. The van der Waals surface area contributed by atoms with Crippen molar-refractivity contribution in [3.63, 3.8) is 0 Å². The number of carbonyl (C=O) groups is 1. The van der Waals surface area contributed by atoms with Crippen LogP contribution in [-0.2, 0) is 16.0 Å². The molecule has 0 unspecified atom stereocenters. The Bertz CT molecular complexity index is 500. The van der Waals surface area contributed by atoms with Gasteiger partial charge in [-0.2, -0.15) is 0 Å². The van der Waals surface area contributed by atoms with E-state index in [1.165, 1.54) is 31.2 Å². The molecule has 3 heteroatoms. The van der Waals surface area contributed by atoms with Crippen LogP contribution in [0.3, 0.4) is 0 Å². The van der Waals surface area contributed by atoms with Crippen molar-refractivity contribution in [1.82, 2.24) is 0 Å². The molecular weight excluding hydrogens is 238 g/mol. The highest BCUT2D eigenvalue weighted by atomic mass is 16.6. The molecule has 0 aromatic heterocycles. The Hall–Kier alpha value is -1.90. The van der Waals surface area contributed by atoms with Crippen molar-refractivity contribution in [1.29, 1.82) is 0 Å². The Morgan fingerprint density at radius 1 is 1.16 bits per heavy atom. The first kappa shape index (κ1) is 13.5. The second-order valence-electron chi connectivity index (χ2n) is 4.76. The second kappa shape index (κ2) is 6.32. The standard InChI is InChI=1S/C16H19NO2/c1-3-4-5-6-7-13-8-10-14(11-9-13)15-17-12(2)16(18)19-15/h8-11H,2-7H2,1H3. The monoisotopic (exact) mass is 257 g/mol. The van der Waals surface area contributed by atoms with Gasteiger partial charge in [-0.1, -0.05) is 44.9 Å². The van der Waals surface area contributed by atoms with Gasteiger partial charge in [0.2, 0.25) is 5.90 Å². The van der Waals surface area contributed by atoms with E-state index in [-0.39, 0.29) is 5.70 Å². The van der Waals surface area contributed by atoms with Crippen LogP contribution in [0.2, 0.25) is 0 Å². The van der Waals surface area contributed by atoms with Gasteiger partial charge in [0.1, 0.15) is 5.70 Å². The SMILES string of the molecule is C=C1N=C(c2ccc(CCCCCC)cc2)OC1=O. The van der Waals surface area contributed by atoms with Gasteiger partial charge >= 0.3 is 5.97 Å². The van der Waals surface area contributed by atoms with E-state index in [0.717, 1.165) is 12.0 Å². The minimum atomic E-state index is -0.460. The third-order valence-electron chi connectivity index (χ3n) is 3.18. The van der Waals surface area contributed by atoms with E-state index in [1.807, 2.05) is 12.1 Å². The van der Waals surface area contributed by atoms with Gasteiger partial charge in [0.05, 0.1) is 0 Å². The van der Waals surface area contributed by atoms with E-state index in [9.17, 15) is 4.79 Å². The lowest BCUT2D eigenvalue weighted by atomic mass is 10.0. The maximum Gasteiger partial charge on any atom is 0.363 e. The second-order valence-corrected chi connectivity index (χ2v) is 4.76. The maximum atomic E-state index is 11.2. The highest BCUT2D eigenvalue weighted by Crippen LogP contribution is 2.16. The van der Waals surface area contributed by atoms with Gasteiger partial charge in [0.25, 0.3) is 0 Å². The van der Waals surface area contributed by atoms with Crippen LogP contribution in [0, 0.1) is 0 Å². The first-order valence-corrected chi connectivity index (χ1v) is 6.80. The Balaban J connectivity index is 1.94. The minimum absolute atomic E-state index is 0.165. The molecule has 0 saturated carbocycles. The molecule has 0 aliphatic carbocycles. The van der Waals surface area contributed by atoms with Crippen molar-refractivity contribution in [2.45, 2.75) is 39.0 Å². The third-order valence-corrected chi connectivity index (χ3v) is 3.18. The minimum Gasteiger partial charge on any atom is -0.402 e. The summed E-state index contributed by atoms with van der Waals surface area (Å²) in [4.78, 5) is 15.2. The van der Waals surface area contributed by atoms with E-state index >= 15 is 0 Å². The molecule has 0 radical (unpaired) electrons. The zero-order valence-electron chi connectivity index (χ0n) is 11.3. The van der Waals surface area contributed by atoms with Crippen molar-refractivity contribution < 1.29 is 9.53 Å². The lowest BCUT2D eigenvalue weighted by Gasteiger charge is -2.03. The number of carbonyl (C=O) groups excluding carboxylic acids is 1. The summed E-state index contributed by atoms with van der Waals surface area (Å²) in [5.41, 5.74) is 2.30. The summed E-state index contributed by atoms with van der Waals surface area (Å²) in [6.07, 6.45) is 6.16. The Morgan fingerprint density at radius 3 is 2.47 bits per heavy atom. The zero-order valence-corrected chi connectivity index (χ0v) is 11.3. The highest BCUT2D eigenvalue weighted by molar-refractivity contribution is 6.10. The number of benzene rings is 1. The third kappa shape index (κ3) is 3.53. The first-order valence-electron chi connectivity index (χ1n) is 6.80. The van der Waals surface area contributed by atoms with E-state index < -0.39 is 5.97 Å². The van der Waals surface area contributed by atoms with Gasteiger partial charge in [-0.3, -0.25) is 0 Å². The summed E-state index contributed by atoms with van der Waals surface area (Å²) in [6.45, 7) is 5.74. The fourth-order valence-electron chi connectivity index (χ4n) is 2.03. The van der Waals surface area contributed by atoms with Crippen LogP contribution in [0.1, 0.15) is 43.7 Å². The number of nitrogens with zero attached hydrogens (tertiary/aromatic N) is 1. The molecule has 100 valence electrons. The van der Waals surface area contributed by atoms with Crippen molar-refractivity contribution in [2.75, 3.05) is 0 Å². The fraction of sp³-hybridized carbons (Fsp3) is 0.375. The molecule has 1 aliphatic heterocycles. The van der Waals surface area contributed by atoms with Gasteiger partial charge in [0.15, 0.2) is 0 Å². The number of aliphatic imine (C=N–C) groups is 1. The van der Waals surface area contributed by atoms with Gasteiger partial charge in [0, 0.05) is 5.56 Å². The molecule has 0 fully saturated rings. The first-order chi connectivity index (χ1) is 9.20. The lowest BCUT2D eigenvalue weighted by Crippen LogP contribution is -2.05. The van der Waals surface area contributed by atoms with Crippen LogP contribution < -0.4 is 0 Å². The summed E-state index contributed by atoms with van der Waals surface area (Å²) < 4.78 is 5.02.